The van der Waals surface area contributed by atoms with Crippen molar-refractivity contribution < 1.29 is 31.5 Å². The standard InChI is InChI=1S/C20H19F3N4O4/c21-20(22,23)31-15-5-3-14(4-6-15)24-17(28)12-27-9-7-13(8-10-27)18-25-26-19(30-18)16-2-1-11-29-16/h1-6,11,13H,7-10,12H2,(H,24,28). The third-order valence-electron chi connectivity index (χ3n) is 4.85. The van der Waals surface area contributed by atoms with E-state index in [2.05, 4.69) is 20.3 Å². The Labute approximate surface area is 175 Å². The lowest BCUT2D eigenvalue weighted by Gasteiger charge is -2.29. The first-order chi connectivity index (χ1) is 14.9. The van der Waals surface area contributed by atoms with E-state index in [1.165, 1.54) is 18.4 Å². The first-order valence-corrected chi connectivity index (χ1v) is 9.61. The molecule has 0 unspecified atom stereocenters. The van der Waals surface area contributed by atoms with Crippen molar-refractivity contribution >= 4 is 11.6 Å². The van der Waals surface area contributed by atoms with Gasteiger partial charge in [0.15, 0.2) is 5.76 Å². The quantitative estimate of drug-likeness (QED) is 0.623. The number of nitrogens with zero attached hydrogens (tertiary/aromatic N) is 3. The molecule has 0 aliphatic carbocycles. The lowest BCUT2D eigenvalue weighted by Crippen LogP contribution is -2.38. The van der Waals surface area contributed by atoms with Gasteiger partial charge >= 0.3 is 6.36 Å². The van der Waals surface area contributed by atoms with Crippen molar-refractivity contribution in [3.8, 4) is 17.4 Å². The molecule has 1 aromatic carbocycles. The number of hydrogen-bond donors (Lipinski definition) is 1. The number of anilines is 1. The van der Waals surface area contributed by atoms with Crippen LogP contribution < -0.4 is 10.1 Å². The highest BCUT2D eigenvalue weighted by Gasteiger charge is 2.31. The summed E-state index contributed by atoms with van der Waals surface area (Å²) in [5.74, 6) is 0.928. The molecule has 11 heteroatoms. The normalized spacial score (nSPS) is 15.7. The number of rotatable bonds is 6. The van der Waals surface area contributed by atoms with Crippen LogP contribution in [-0.2, 0) is 4.79 Å². The van der Waals surface area contributed by atoms with E-state index >= 15 is 0 Å². The maximum atomic E-state index is 12.3. The number of nitrogens with one attached hydrogen (secondary N) is 1. The van der Waals surface area contributed by atoms with Gasteiger partial charge in [-0.3, -0.25) is 9.69 Å². The fourth-order valence-corrected chi connectivity index (χ4v) is 3.38. The Morgan fingerprint density at radius 1 is 1.16 bits per heavy atom. The van der Waals surface area contributed by atoms with Crippen molar-refractivity contribution in [1.82, 2.24) is 15.1 Å². The highest BCUT2D eigenvalue weighted by atomic mass is 19.4. The van der Waals surface area contributed by atoms with Gasteiger partial charge in [-0.25, -0.2) is 0 Å². The SMILES string of the molecule is O=C(CN1CCC(c2nnc(-c3ccco3)o2)CC1)Nc1ccc(OC(F)(F)F)cc1. The van der Waals surface area contributed by atoms with Gasteiger partial charge in [0.25, 0.3) is 5.89 Å². The molecular formula is C20H19F3N4O4. The Morgan fingerprint density at radius 2 is 1.90 bits per heavy atom. The van der Waals surface area contributed by atoms with Crippen LogP contribution in [0.4, 0.5) is 18.9 Å². The number of alkyl halides is 3. The number of halogens is 3. The Kier molecular flexibility index (Phi) is 5.94. The summed E-state index contributed by atoms with van der Waals surface area (Å²) < 4.78 is 51.4. The van der Waals surface area contributed by atoms with E-state index in [-0.39, 0.29) is 24.1 Å². The van der Waals surface area contributed by atoms with Gasteiger partial charge in [-0.1, -0.05) is 0 Å². The van der Waals surface area contributed by atoms with Gasteiger partial charge < -0.3 is 18.9 Å². The molecule has 2 aromatic heterocycles. The lowest BCUT2D eigenvalue weighted by molar-refractivity contribution is -0.274. The number of piperidine rings is 1. The summed E-state index contributed by atoms with van der Waals surface area (Å²) in [5.41, 5.74) is 0.394. The number of benzene rings is 1. The van der Waals surface area contributed by atoms with Crippen LogP contribution in [0.3, 0.4) is 0 Å². The van der Waals surface area contributed by atoms with Gasteiger partial charge in [0.05, 0.1) is 12.8 Å². The molecule has 0 spiro atoms. The van der Waals surface area contributed by atoms with Crippen LogP contribution in [0.15, 0.2) is 51.5 Å². The van der Waals surface area contributed by atoms with Crippen LogP contribution >= 0.6 is 0 Å². The van der Waals surface area contributed by atoms with Gasteiger partial charge in [0, 0.05) is 11.6 Å². The molecule has 0 bridgehead atoms. The minimum absolute atomic E-state index is 0.108. The fourth-order valence-electron chi connectivity index (χ4n) is 3.38. The molecule has 8 nitrogen and oxygen atoms in total. The van der Waals surface area contributed by atoms with Gasteiger partial charge in [-0.15, -0.1) is 23.4 Å². The highest BCUT2D eigenvalue weighted by molar-refractivity contribution is 5.92. The summed E-state index contributed by atoms with van der Waals surface area (Å²) in [4.78, 5) is 14.3. The molecule has 1 aliphatic rings. The number of carbonyl (C=O) groups excluding carboxylic acids is 1. The summed E-state index contributed by atoms with van der Waals surface area (Å²) in [6.45, 7) is 1.53. The van der Waals surface area contributed by atoms with E-state index in [0.717, 1.165) is 25.0 Å². The largest absolute Gasteiger partial charge is 0.573 e. The molecule has 1 aliphatic heterocycles. The molecule has 1 fully saturated rings. The maximum absolute atomic E-state index is 12.3. The van der Waals surface area contributed by atoms with Crippen LogP contribution in [0.25, 0.3) is 11.7 Å². The molecule has 31 heavy (non-hydrogen) atoms. The van der Waals surface area contributed by atoms with Crippen molar-refractivity contribution in [1.29, 1.82) is 0 Å². The molecule has 4 rings (SSSR count). The summed E-state index contributed by atoms with van der Waals surface area (Å²) in [6, 6.07) is 8.50. The average molecular weight is 436 g/mol. The van der Waals surface area contributed by atoms with Crippen molar-refractivity contribution in [3.63, 3.8) is 0 Å². The van der Waals surface area contributed by atoms with Gasteiger partial charge in [0.1, 0.15) is 5.75 Å². The van der Waals surface area contributed by atoms with E-state index in [9.17, 15) is 18.0 Å². The topological polar surface area (TPSA) is 93.6 Å². The molecule has 0 radical (unpaired) electrons. The summed E-state index contributed by atoms with van der Waals surface area (Å²) in [5, 5.41) is 10.8. The Hall–Kier alpha value is -3.34. The molecular weight excluding hydrogens is 417 g/mol. The average Bonchev–Trinajstić information content (AvgIpc) is 3.41. The smallest absolute Gasteiger partial charge is 0.459 e. The number of carbonyl (C=O) groups is 1. The molecule has 3 aromatic rings. The second-order valence-electron chi connectivity index (χ2n) is 7.09. The van der Waals surface area contributed by atoms with Crippen LogP contribution in [0.5, 0.6) is 5.75 Å². The second kappa shape index (κ2) is 8.80. The molecule has 3 heterocycles. The molecule has 0 saturated carbocycles. The van der Waals surface area contributed by atoms with Gasteiger partial charge in [0.2, 0.25) is 11.8 Å². The Morgan fingerprint density at radius 3 is 2.55 bits per heavy atom. The molecule has 1 saturated heterocycles. The number of hydrogen-bond acceptors (Lipinski definition) is 7. The number of furan rings is 1. The Balaban J connectivity index is 1.24. The zero-order valence-electron chi connectivity index (χ0n) is 16.3. The monoisotopic (exact) mass is 436 g/mol. The zero-order valence-corrected chi connectivity index (χ0v) is 16.3. The van der Waals surface area contributed by atoms with Crippen molar-refractivity contribution in [2.24, 2.45) is 0 Å². The number of amides is 1. The zero-order chi connectivity index (χ0) is 21.8. The fraction of sp³-hybridized carbons (Fsp3) is 0.350. The van der Waals surface area contributed by atoms with E-state index in [1.807, 2.05) is 4.90 Å². The predicted molar refractivity (Wildman–Crippen MR) is 102 cm³/mol. The first kappa shape index (κ1) is 20.9. The van der Waals surface area contributed by atoms with E-state index < -0.39 is 6.36 Å². The predicted octanol–water partition coefficient (Wildman–Crippen LogP) is 4.05. The molecule has 0 atom stereocenters. The minimum atomic E-state index is -4.75. The summed E-state index contributed by atoms with van der Waals surface area (Å²) in [6.07, 6.45) is -1.70. The van der Waals surface area contributed by atoms with E-state index in [0.29, 0.717) is 36.3 Å². The van der Waals surface area contributed by atoms with Crippen LogP contribution in [0, 0.1) is 0 Å². The maximum Gasteiger partial charge on any atom is 0.573 e. The third-order valence-corrected chi connectivity index (χ3v) is 4.85. The minimum Gasteiger partial charge on any atom is -0.459 e. The summed E-state index contributed by atoms with van der Waals surface area (Å²) >= 11 is 0. The van der Waals surface area contributed by atoms with Crippen LogP contribution in [-0.4, -0.2) is 47.0 Å². The summed E-state index contributed by atoms with van der Waals surface area (Å²) in [7, 11) is 0. The third kappa shape index (κ3) is 5.63. The van der Waals surface area contributed by atoms with Crippen molar-refractivity contribution in [2.45, 2.75) is 25.1 Å². The van der Waals surface area contributed by atoms with Gasteiger partial charge in [-0.2, -0.15) is 0 Å². The molecule has 164 valence electrons. The number of aromatic nitrogens is 2. The Bertz CT molecular complexity index is 994. The van der Waals surface area contributed by atoms with E-state index in [4.69, 9.17) is 8.83 Å². The second-order valence-corrected chi connectivity index (χ2v) is 7.09. The highest BCUT2D eigenvalue weighted by Crippen LogP contribution is 2.29. The van der Waals surface area contributed by atoms with Crippen LogP contribution in [0.2, 0.25) is 0 Å². The van der Waals surface area contributed by atoms with Crippen molar-refractivity contribution in [2.75, 3.05) is 25.0 Å². The van der Waals surface area contributed by atoms with Gasteiger partial charge in [-0.05, 0) is 62.3 Å². The van der Waals surface area contributed by atoms with Crippen molar-refractivity contribution in [3.05, 3.63) is 48.6 Å². The molecule has 1 N–H and O–H groups in total. The molecule has 1 amide bonds. The lowest BCUT2D eigenvalue weighted by atomic mass is 9.97. The number of ether oxygens (including phenoxy) is 1. The number of likely N-dealkylation sites (tertiary alicyclic amines) is 1. The first-order valence-electron chi connectivity index (χ1n) is 9.61. The van der Waals surface area contributed by atoms with E-state index in [1.54, 1.807) is 12.1 Å². The van der Waals surface area contributed by atoms with Crippen LogP contribution in [0.1, 0.15) is 24.7 Å².